The lowest BCUT2D eigenvalue weighted by atomic mass is 9.96. The molecule has 0 amide bonds. The van der Waals surface area contributed by atoms with Crippen molar-refractivity contribution >= 4 is 40.3 Å². The van der Waals surface area contributed by atoms with Crippen molar-refractivity contribution in [3.63, 3.8) is 0 Å². The highest BCUT2D eigenvalue weighted by Crippen LogP contribution is 2.44. The molecule has 3 heterocycles. The second-order valence-electron chi connectivity index (χ2n) is 9.20. The maximum Gasteiger partial charge on any atom is 0.174 e. The molecule has 6 nitrogen and oxygen atoms in total. The molecule has 4 aromatic rings. The number of aromatic hydroxyl groups is 1. The predicted molar refractivity (Wildman–Crippen MR) is 151 cm³/mol. The van der Waals surface area contributed by atoms with E-state index in [0.29, 0.717) is 15.8 Å². The minimum absolute atomic E-state index is 0.154. The molecule has 5 rings (SSSR count). The summed E-state index contributed by atoms with van der Waals surface area (Å²) in [5, 5.41) is 15.4. The van der Waals surface area contributed by atoms with Crippen LogP contribution >= 0.6 is 23.8 Å². The largest absolute Gasteiger partial charge is 0.506 e. The van der Waals surface area contributed by atoms with Crippen molar-refractivity contribution in [1.29, 1.82) is 0 Å². The molecule has 8 heteroatoms. The predicted octanol–water partition coefficient (Wildman–Crippen LogP) is 6.09. The van der Waals surface area contributed by atoms with Gasteiger partial charge in [-0.15, -0.1) is 0 Å². The van der Waals surface area contributed by atoms with E-state index in [2.05, 4.69) is 57.4 Å². The first kappa shape index (κ1) is 24.2. The van der Waals surface area contributed by atoms with Crippen molar-refractivity contribution < 1.29 is 5.11 Å². The Hall–Kier alpha value is -3.55. The Bertz CT molecular complexity index is 1420. The Labute approximate surface area is 221 Å². The number of halogens is 1. The maximum atomic E-state index is 10.6. The van der Waals surface area contributed by atoms with Crippen LogP contribution in [0.5, 0.6) is 5.75 Å². The number of aromatic nitrogens is 2. The van der Waals surface area contributed by atoms with E-state index in [9.17, 15) is 5.11 Å². The molecule has 2 aromatic carbocycles. The average molecular weight is 518 g/mol. The molecule has 0 aliphatic carbocycles. The van der Waals surface area contributed by atoms with Crippen LogP contribution in [0.3, 0.4) is 0 Å². The molecule has 1 saturated heterocycles. The van der Waals surface area contributed by atoms with Crippen molar-refractivity contribution in [1.82, 2.24) is 14.9 Å². The first-order chi connectivity index (χ1) is 17.3. The van der Waals surface area contributed by atoms with Crippen LogP contribution in [0.25, 0.3) is 5.69 Å². The molecule has 0 saturated carbocycles. The summed E-state index contributed by atoms with van der Waals surface area (Å²) in [5.41, 5.74) is 6.74. The van der Waals surface area contributed by atoms with Gasteiger partial charge in [-0.25, -0.2) is 0 Å². The van der Waals surface area contributed by atoms with E-state index in [4.69, 9.17) is 23.8 Å². The summed E-state index contributed by atoms with van der Waals surface area (Å²) in [6.07, 6.45) is 1.80. The summed E-state index contributed by atoms with van der Waals surface area (Å²) < 4.78 is 2.04. The number of aryl methyl sites for hydroxylation is 1. The van der Waals surface area contributed by atoms with E-state index >= 15 is 0 Å². The van der Waals surface area contributed by atoms with Crippen molar-refractivity contribution in [3.8, 4) is 11.4 Å². The van der Waals surface area contributed by atoms with Gasteiger partial charge >= 0.3 is 0 Å². The number of hydrogen-bond acceptors (Lipinski definition) is 4. The normalized spacial score (nSPS) is 17.4. The third-order valence-corrected chi connectivity index (χ3v) is 7.26. The molecule has 1 fully saturated rings. The molecule has 1 aliphatic rings. The fraction of sp³-hybridized carbons (Fsp3) is 0.214. The molecule has 0 spiro atoms. The van der Waals surface area contributed by atoms with Crippen LogP contribution in [0.4, 0.5) is 11.4 Å². The number of phenols is 1. The molecule has 2 N–H and O–H groups in total. The number of pyridine rings is 1. The van der Waals surface area contributed by atoms with Gasteiger partial charge in [0.05, 0.1) is 23.5 Å². The lowest BCUT2D eigenvalue weighted by Crippen LogP contribution is -2.29. The van der Waals surface area contributed by atoms with Gasteiger partial charge in [0.1, 0.15) is 5.75 Å². The topological polar surface area (TPSA) is 56.6 Å². The van der Waals surface area contributed by atoms with Gasteiger partial charge < -0.3 is 24.8 Å². The van der Waals surface area contributed by atoms with E-state index in [1.807, 2.05) is 43.8 Å². The summed E-state index contributed by atoms with van der Waals surface area (Å²) in [4.78, 5) is 8.90. The second-order valence-corrected chi connectivity index (χ2v) is 10.0. The zero-order valence-electron chi connectivity index (χ0n) is 20.6. The van der Waals surface area contributed by atoms with Crippen molar-refractivity contribution in [2.75, 3.05) is 23.9 Å². The Kier molecular flexibility index (Phi) is 6.36. The Morgan fingerprint density at radius 3 is 2.44 bits per heavy atom. The van der Waals surface area contributed by atoms with Crippen LogP contribution in [0.15, 0.2) is 72.9 Å². The Morgan fingerprint density at radius 2 is 1.78 bits per heavy atom. The first-order valence-corrected chi connectivity index (χ1v) is 12.5. The SMILES string of the molecule is Cc1cc([C@@H]2[C@H](c3ccccn3)NC(=S)N2c2ccc(N(C)C)cc2)c(C)n1-c1cc(Cl)ccc1O. The third-order valence-electron chi connectivity index (χ3n) is 6.71. The highest BCUT2D eigenvalue weighted by molar-refractivity contribution is 7.80. The molecule has 2 aromatic heterocycles. The average Bonchev–Trinajstić information content (AvgIpc) is 3.36. The van der Waals surface area contributed by atoms with Crippen molar-refractivity contribution in [2.24, 2.45) is 0 Å². The smallest absolute Gasteiger partial charge is 0.174 e. The minimum Gasteiger partial charge on any atom is -0.506 e. The molecule has 0 bridgehead atoms. The van der Waals surface area contributed by atoms with Crippen molar-refractivity contribution in [3.05, 3.63) is 101 Å². The van der Waals surface area contributed by atoms with Gasteiger partial charge in [0.2, 0.25) is 0 Å². The molecule has 2 atom stereocenters. The van der Waals surface area contributed by atoms with Gasteiger partial charge in [-0.2, -0.15) is 0 Å². The fourth-order valence-corrected chi connectivity index (χ4v) is 5.51. The summed E-state index contributed by atoms with van der Waals surface area (Å²) in [7, 11) is 4.05. The van der Waals surface area contributed by atoms with Gasteiger partial charge in [-0.3, -0.25) is 4.98 Å². The van der Waals surface area contributed by atoms with E-state index in [-0.39, 0.29) is 17.8 Å². The van der Waals surface area contributed by atoms with Gasteiger partial charge in [-0.1, -0.05) is 17.7 Å². The molecule has 1 aliphatic heterocycles. The van der Waals surface area contributed by atoms with Crippen LogP contribution in [0, 0.1) is 13.8 Å². The van der Waals surface area contributed by atoms with Gasteiger partial charge in [0.25, 0.3) is 0 Å². The van der Waals surface area contributed by atoms with Crippen molar-refractivity contribution in [2.45, 2.75) is 25.9 Å². The number of thiocarbonyl (C=S) groups is 1. The van der Waals surface area contributed by atoms with Crippen LogP contribution in [-0.2, 0) is 0 Å². The zero-order chi connectivity index (χ0) is 25.6. The van der Waals surface area contributed by atoms with E-state index in [1.54, 1.807) is 24.4 Å². The molecular formula is C28H28ClN5OS. The molecule has 36 heavy (non-hydrogen) atoms. The van der Waals surface area contributed by atoms with E-state index in [1.165, 1.54) is 0 Å². The van der Waals surface area contributed by atoms with E-state index in [0.717, 1.165) is 34.0 Å². The Morgan fingerprint density at radius 1 is 1.03 bits per heavy atom. The zero-order valence-corrected chi connectivity index (χ0v) is 22.2. The number of nitrogens with one attached hydrogen (secondary N) is 1. The van der Waals surface area contributed by atoms with Crippen LogP contribution in [-0.4, -0.2) is 33.9 Å². The van der Waals surface area contributed by atoms with E-state index < -0.39 is 0 Å². The van der Waals surface area contributed by atoms with Crippen LogP contribution in [0.1, 0.15) is 34.7 Å². The summed E-state index contributed by atoms with van der Waals surface area (Å²) in [6, 6.07) is 21.2. The molecular weight excluding hydrogens is 490 g/mol. The van der Waals surface area contributed by atoms with Gasteiger partial charge in [0.15, 0.2) is 5.11 Å². The number of phenolic OH excluding ortho intramolecular Hbond substituents is 1. The second kappa shape index (κ2) is 9.48. The Balaban J connectivity index is 1.67. The number of rotatable bonds is 5. The number of hydrogen-bond donors (Lipinski definition) is 2. The highest BCUT2D eigenvalue weighted by atomic mass is 35.5. The number of anilines is 2. The molecule has 184 valence electrons. The summed E-state index contributed by atoms with van der Waals surface area (Å²) in [6.45, 7) is 4.09. The number of nitrogens with zero attached hydrogens (tertiary/aromatic N) is 4. The maximum absolute atomic E-state index is 10.6. The van der Waals surface area contributed by atoms with Crippen LogP contribution in [0.2, 0.25) is 5.02 Å². The third kappa shape index (κ3) is 4.18. The lowest BCUT2D eigenvalue weighted by Gasteiger charge is -2.28. The summed E-state index contributed by atoms with van der Waals surface area (Å²) >= 11 is 12.2. The van der Waals surface area contributed by atoms with Gasteiger partial charge in [-0.05, 0) is 92.3 Å². The monoisotopic (exact) mass is 517 g/mol. The molecule has 0 unspecified atom stereocenters. The fourth-order valence-electron chi connectivity index (χ4n) is 4.99. The molecule has 0 radical (unpaired) electrons. The lowest BCUT2D eigenvalue weighted by molar-refractivity contribution is 0.471. The first-order valence-electron chi connectivity index (χ1n) is 11.7. The van der Waals surface area contributed by atoms with Gasteiger partial charge in [0, 0.05) is 48.1 Å². The highest BCUT2D eigenvalue weighted by Gasteiger charge is 2.42. The standard InChI is InChI=1S/C28H28ClN5OS/c1-17-15-22(18(2)33(17)24-16-19(29)8-13-25(24)35)27-26(23-7-5-6-14-30-23)31-28(36)34(27)21-11-9-20(10-12-21)32(3)4/h5-16,26-27,35H,1-4H3,(H,31,36)/t26-,27+/m0/s1. The quantitative estimate of drug-likeness (QED) is 0.312. The number of benzene rings is 2. The van der Waals surface area contributed by atoms with Crippen LogP contribution < -0.4 is 15.1 Å². The summed E-state index contributed by atoms with van der Waals surface area (Å²) in [5.74, 6) is 0.172. The minimum atomic E-state index is -0.158.